The Bertz CT molecular complexity index is 1170. The first-order chi connectivity index (χ1) is 16.1. The number of hydrogen-bond acceptors (Lipinski definition) is 6. The molecule has 0 saturated carbocycles. The highest BCUT2D eigenvalue weighted by Gasteiger charge is 2.26. The van der Waals surface area contributed by atoms with Crippen molar-refractivity contribution < 1.29 is 4.74 Å². The van der Waals surface area contributed by atoms with Crippen LogP contribution < -0.4 is 0 Å². The van der Waals surface area contributed by atoms with Gasteiger partial charge in [0.25, 0.3) is 0 Å². The first-order valence-corrected chi connectivity index (χ1v) is 11.9. The molecule has 3 heterocycles. The van der Waals surface area contributed by atoms with E-state index in [1.165, 1.54) is 0 Å². The SMILES string of the molecule is COCCN1CCN(Cc2nnc3n2-c2ccc(Cl)cc2C(c2ccccc2Cl)=NC3)CC1. The summed E-state index contributed by atoms with van der Waals surface area (Å²) in [5.41, 5.74) is 3.61. The van der Waals surface area contributed by atoms with Gasteiger partial charge in [-0.05, 0) is 24.3 Å². The average molecular weight is 485 g/mol. The lowest BCUT2D eigenvalue weighted by Crippen LogP contribution is -2.47. The minimum absolute atomic E-state index is 0.421. The van der Waals surface area contributed by atoms with Gasteiger partial charge >= 0.3 is 0 Å². The number of aliphatic imine (C=N–C) groups is 1. The van der Waals surface area contributed by atoms with Crippen molar-refractivity contribution in [3.63, 3.8) is 0 Å². The maximum absolute atomic E-state index is 6.54. The van der Waals surface area contributed by atoms with Crippen molar-refractivity contribution in [1.82, 2.24) is 24.6 Å². The summed E-state index contributed by atoms with van der Waals surface area (Å²) in [4.78, 5) is 9.76. The average Bonchev–Trinajstić information content (AvgIpc) is 3.14. The van der Waals surface area contributed by atoms with E-state index in [0.717, 1.165) is 80.1 Å². The van der Waals surface area contributed by atoms with E-state index >= 15 is 0 Å². The van der Waals surface area contributed by atoms with Crippen LogP contribution in [0.15, 0.2) is 47.5 Å². The van der Waals surface area contributed by atoms with Crippen molar-refractivity contribution in [2.45, 2.75) is 13.1 Å². The second kappa shape index (κ2) is 9.91. The van der Waals surface area contributed by atoms with E-state index in [1.807, 2.05) is 42.5 Å². The largest absolute Gasteiger partial charge is 0.383 e. The molecule has 0 spiro atoms. The van der Waals surface area contributed by atoms with Crippen LogP contribution in [0.5, 0.6) is 0 Å². The summed E-state index contributed by atoms with van der Waals surface area (Å²) in [6, 6.07) is 13.6. The second-order valence-electron chi connectivity index (χ2n) is 8.28. The van der Waals surface area contributed by atoms with Crippen LogP contribution in [-0.4, -0.2) is 76.7 Å². The molecule has 2 aliphatic heterocycles. The molecule has 1 saturated heterocycles. The predicted molar refractivity (Wildman–Crippen MR) is 131 cm³/mol. The molecule has 2 aliphatic rings. The molecule has 0 atom stereocenters. The highest BCUT2D eigenvalue weighted by molar-refractivity contribution is 6.36. The molecule has 0 N–H and O–H groups in total. The molecule has 2 aromatic carbocycles. The lowest BCUT2D eigenvalue weighted by Gasteiger charge is -2.34. The Labute approximate surface area is 203 Å². The molecule has 0 unspecified atom stereocenters. The maximum Gasteiger partial charge on any atom is 0.159 e. The van der Waals surface area contributed by atoms with E-state index < -0.39 is 0 Å². The Morgan fingerprint density at radius 3 is 2.52 bits per heavy atom. The van der Waals surface area contributed by atoms with Crippen LogP contribution in [0.4, 0.5) is 0 Å². The van der Waals surface area contributed by atoms with E-state index in [2.05, 4.69) is 24.6 Å². The van der Waals surface area contributed by atoms with Gasteiger partial charge in [-0.25, -0.2) is 0 Å². The molecule has 172 valence electrons. The fourth-order valence-electron chi connectivity index (χ4n) is 4.44. The van der Waals surface area contributed by atoms with E-state index in [9.17, 15) is 0 Å². The number of methoxy groups -OCH3 is 1. The summed E-state index contributed by atoms with van der Waals surface area (Å²) in [6.45, 7) is 6.92. The van der Waals surface area contributed by atoms with E-state index in [-0.39, 0.29) is 0 Å². The quantitative estimate of drug-likeness (QED) is 0.533. The number of aromatic nitrogens is 3. The van der Waals surface area contributed by atoms with Gasteiger partial charge in [-0.3, -0.25) is 19.4 Å². The van der Waals surface area contributed by atoms with E-state index in [4.69, 9.17) is 32.9 Å². The van der Waals surface area contributed by atoms with Gasteiger partial charge in [0.05, 0.1) is 24.6 Å². The Morgan fingerprint density at radius 1 is 0.939 bits per heavy atom. The summed E-state index contributed by atoms with van der Waals surface area (Å²) in [7, 11) is 1.75. The Kier molecular flexibility index (Phi) is 6.76. The summed E-state index contributed by atoms with van der Waals surface area (Å²) in [6.07, 6.45) is 0. The number of benzene rings is 2. The van der Waals surface area contributed by atoms with Crippen molar-refractivity contribution >= 4 is 28.9 Å². The first-order valence-electron chi connectivity index (χ1n) is 11.1. The van der Waals surface area contributed by atoms with Gasteiger partial charge in [-0.2, -0.15) is 0 Å². The van der Waals surface area contributed by atoms with Gasteiger partial charge < -0.3 is 4.74 Å². The standard InChI is InChI=1S/C24H26Cl2N6O/c1-33-13-12-30-8-10-31(11-9-30)16-23-29-28-22-15-27-24(18-4-2-3-5-20(18)26)19-14-17(25)6-7-21(19)32(22)23/h2-7,14H,8-13,15-16H2,1H3. The molecular formula is C24H26Cl2N6O. The number of nitrogens with zero attached hydrogens (tertiary/aromatic N) is 6. The van der Waals surface area contributed by atoms with Gasteiger partial charge in [0.2, 0.25) is 0 Å². The number of halogens is 2. The summed E-state index contributed by atoms with van der Waals surface area (Å²) in [5.74, 6) is 1.73. The number of ether oxygens (including phenoxy) is 1. The van der Waals surface area contributed by atoms with Crippen molar-refractivity contribution in [3.05, 3.63) is 75.3 Å². The van der Waals surface area contributed by atoms with Crippen LogP contribution in [-0.2, 0) is 17.8 Å². The van der Waals surface area contributed by atoms with Gasteiger partial charge in [-0.15, -0.1) is 10.2 Å². The molecule has 1 fully saturated rings. The molecule has 0 radical (unpaired) electrons. The van der Waals surface area contributed by atoms with E-state index in [0.29, 0.717) is 16.6 Å². The summed E-state index contributed by atoms with van der Waals surface area (Å²) in [5, 5.41) is 10.4. The molecule has 0 aliphatic carbocycles. The molecule has 9 heteroatoms. The second-order valence-corrected chi connectivity index (χ2v) is 9.13. The van der Waals surface area contributed by atoms with Gasteiger partial charge in [0, 0.05) is 61.0 Å². The Hall–Kier alpha value is -2.29. The van der Waals surface area contributed by atoms with Gasteiger partial charge in [-0.1, -0.05) is 41.4 Å². The smallest absolute Gasteiger partial charge is 0.159 e. The third-order valence-electron chi connectivity index (χ3n) is 6.20. The molecule has 3 aromatic rings. The van der Waals surface area contributed by atoms with Crippen molar-refractivity contribution in [3.8, 4) is 5.69 Å². The minimum Gasteiger partial charge on any atom is -0.383 e. The highest BCUT2D eigenvalue weighted by Crippen LogP contribution is 2.30. The summed E-state index contributed by atoms with van der Waals surface area (Å²) >= 11 is 13.0. The fourth-order valence-corrected chi connectivity index (χ4v) is 4.84. The lowest BCUT2D eigenvalue weighted by molar-refractivity contribution is 0.0923. The predicted octanol–water partition coefficient (Wildman–Crippen LogP) is 3.69. The normalized spacial score (nSPS) is 16.8. The highest BCUT2D eigenvalue weighted by atomic mass is 35.5. The summed E-state index contributed by atoms with van der Waals surface area (Å²) < 4.78 is 7.35. The van der Waals surface area contributed by atoms with Crippen LogP contribution in [0, 0.1) is 0 Å². The van der Waals surface area contributed by atoms with Gasteiger partial charge in [0.1, 0.15) is 6.54 Å². The topological polar surface area (TPSA) is 58.8 Å². The molecule has 5 rings (SSSR count). The molecule has 0 amide bonds. The van der Waals surface area contributed by atoms with Crippen molar-refractivity contribution in [2.75, 3.05) is 46.4 Å². The molecular weight excluding hydrogens is 459 g/mol. The first kappa shape index (κ1) is 22.5. The maximum atomic E-state index is 6.54. The van der Waals surface area contributed by atoms with Crippen LogP contribution in [0.2, 0.25) is 10.0 Å². The molecule has 33 heavy (non-hydrogen) atoms. The van der Waals surface area contributed by atoms with Crippen LogP contribution in [0.1, 0.15) is 22.8 Å². The van der Waals surface area contributed by atoms with Gasteiger partial charge in [0.15, 0.2) is 11.6 Å². The lowest BCUT2D eigenvalue weighted by atomic mass is 10.0. The van der Waals surface area contributed by atoms with Crippen molar-refractivity contribution in [2.24, 2.45) is 4.99 Å². The van der Waals surface area contributed by atoms with Crippen molar-refractivity contribution in [1.29, 1.82) is 0 Å². The molecule has 0 bridgehead atoms. The monoisotopic (exact) mass is 484 g/mol. The van der Waals surface area contributed by atoms with E-state index in [1.54, 1.807) is 7.11 Å². The molecule has 1 aromatic heterocycles. The number of piperazine rings is 1. The number of hydrogen-bond donors (Lipinski definition) is 0. The fraction of sp³-hybridized carbons (Fsp3) is 0.375. The Morgan fingerprint density at radius 2 is 1.73 bits per heavy atom. The van der Waals surface area contributed by atoms with Crippen LogP contribution in [0.25, 0.3) is 5.69 Å². The number of rotatable bonds is 6. The zero-order valence-corrected chi connectivity index (χ0v) is 20.1. The number of fused-ring (bicyclic) bond motifs is 3. The van der Waals surface area contributed by atoms with Crippen LogP contribution >= 0.6 is 23.2 Å². The van der Waals surface area contributed by atoms with Crippen LogP contribution in [0.3, 0.4) is 0 Å². The molecule has 7 nitrogen and oxygen atoms in total. The third kappa shape index (κ3) is 4.69. The minimum atomic E-state index is 0.421. The zero-order valence-electron chi connectivity index (χ0n) is 18.5. The zero-order chi connectivity index (χ0) is 22.8. The third-order valence-corrected chi connectivity index (χ3v) is 6.77. The Balaban J connectivity index is 1.45.